The molecule has 3 heterocycles. The first-order chi connectivity index (χ1) is 14.7. The molecule has 0 N–H and O–H groups in total. The van der Waals surface area contributed by atoms with Gasteiger partial charge in [0.2, 0.25) is 5.89 Å². The first-order valence-electron chi connectivity index (χ1n) is 10.7. The highest BCUT2D eigenvalue weighted by Crippen LogP contribution is 2.30. The number of piperazine rings is 1. The molecule has 2 aliphatic heterocycles. The number of nitrogens with zero attached hydrogens (tertiary/aromatic N) is 5. The zero-order valence-corrected chi connectivity index (χ0v) is 18.9. The maximum Gasteiger partial charge on any atom is 0.410 e. The summed E-state index contributed by atoms with van der Waals surface area (Å²) in [6.45, 7) is 11.5. The quantitative estimate of drug-likeness (QED) is 0.734. The molecule has 0 saturated carbocycles. The third-order valence-electron chi connectivity index (χ3n) is 5.62. The van der Waals surface area contributed by atoms with E-state index in [2.05, 4.69) is 41.2 Å². The Hall–Kier alpha value is -2.81. The smallest absolute Gasteiger partial charge is 0.410 e. The van der Waals surface area contributed by atoms with Gasteiger partial charge < -0.3 is 28.6 Å². The van der Waals surface area contributed by atoms with E-state index in [0.717, 1.165) is 24.5 Å². The summed E-state index contributed by atoms with van der Waals surface area (Å²) in [5.41, 5.74) is 2.72. The number of hydrogen-bond acceptors (Lipinski definition) is 8. The molecule has 2 fully saturated rings. The topological polar surface area (TPSA) is 84.2 Å². The Labute approximate surface area is 182 Å². The van der Waals surface area contributed by atoms with E-state index in [1.54, 1.807) is 4.90 Å². The van der Waals surface area contributed by atoms with Crippen molar-refractivity contribution in [1.82, 2.24) is 15.1 Å². The number of amides is 1. The summed E-state index contributed by atoms with van der Waals surface area (Å²) < 4.78 is 16.8. The van der Waals surface area contributed by atoms with Crippen molar-refractivity contribution in [2.45, 2.75) is 39.3 Å². The van der Waals surface area contributed by atoms with Gasteiger partial charge in [-0.1, -0.05) is 11.2 Å². The molecule has 0 bridgehead atoms. The van der Waals surface area contributed by atoms with Crippen LogP contribution in [0, 0.1) is 6.92 Å². The molecule has 168 valence electrons. The van der Waals surface area contributed by atoms with Crippen molar-refractivity contribution in [1.29, 1.82) is 0 Å². The molecule has 4 rings (SSSR count). The van der Waals surface area contributed by atoms with Gasteiger partial charge in [-0.2, -0.15) is 0 Å². The Morgan fingerprint density at radius 1 is 1.16 bits per heavy atom. The Morgan fingerprint density at radius 3 is 2.48 bits per heavy atom. The van der Waals surface area contributed by atoms with Gasteiger partial charge in [0, 0.05) is 44.5 Å². The van der Waals surface area contributed by atoms with E-state index in [9.17, 15) is 4.79 Å². The van der Waals surface area contributed by atoms with E-state index < -0.39 is 5.60 Å². The second-order valence-electron chi connectivity index (χ2n) is 9.15. The summed E-state index contributed by atoms with van der Waals surface area (Å²) in [6, 6.07) is 7.03. The third kappa shape index (κ3) is 4.76. The summed E-state index contributed by atoms with van der Waals surface area (Å²) in [5, 5.41) is 8.51. The lowest BCUT2D eigenvalue weighted by molar-refractivity contribution is 0.0101. The number of aryl methyl sites for hydroxylation is 1. The molecular formula is C22H31N5O4. The Bertz CT molecular complexity index is 926. The van der Waals surface area contributed by atoms with Gasteiger partial charge in [-0.25, -0.2) is 4.79 Å². The van der Waals surface area contributed by atoms with Crippen molar-refractivity contribution < 1.29 is 18.7 Å². The number of likely N-dealkylation sites (N-methyl/N-ethyl adjacent to an activating group) is 1. The Kier molecular flexibility index (Phi) is 5.79. The highest BCUT2D eigenvalue weighted by Gasteiger charge is 2.28. The van der Waals surface area contributed by atoms with E-state index in [1.165, 1.54) is 5.56 Å². The molecule has 2 aromatic rings. The zero-order chi connectivity index (χ0) is 22.2. The van der Waals surface area contributed by atoms with E-state index >= 15 is 0 Å². The van der Waals surface area contributed by atoms with Crippen LogP contribution in [0.2, 0.25) is 0 Å². The first-order valence-corrected chi connectivity index (χ1v) is 10.7. The fourth-order valence-electron chi connectivity index (χ4n) is 3.63. The molecule has 0 atom stereocenters. The predicted octanol–water partition coefficient (Wildman–Crippen LogP) is 2.94. The van der Waals surface area contributed by atoms with Crippen LogP contribution in [0.4, 0.5) is 16.5 Å². The summed E-state index contributed by atoms with van der Waals surface area (Å²) in [5.74, 6) is 0.490. The average Bonchev–Trinajstić information content (AvgIpc) is 3.16. The zero-order valence-electron chi connectivity index (χ0n) is 18.9. The van der Waals surface area contributed by atoms with Gasteiger partial charge in [0.25, 0.3) is 0 Å². The van der Waals surface area contributed by atoms with Crippen LogP contribution in [0.25, 0.3) is 11.5 Å². The average molecular weight is 430 g/mol. The molecule has 2 saturated heterocycles. The monoisotopic (exact) mass is 429 g/mol. The van der Waals surface area contributed by atoms with Crippen molar-refractivity contribution in [2.75, 3.05) is 56.2 Å². The number of aromatic nitrogens is 2. The largest absolute Gasteiger partial charge is 0.444 e. The fraction of sp³-hybridized carbons (Fsp3) is 0.591. The maximum absolute atomic E-state index is 12.3. The molecular weight excluding hydrogens is 398 g/mol. The van der Waals surface area contributed by atoms with E-state index in [-0.39, 0.29) is 6.09 Å². The van der Waals surface area contributed by atoms with Crippen LogP contribution in [0.5, 0.6) is 0 Å². The summed E-state index contributed by atoms with van der Waals surface area (Å²) >= 11 is 0. The predicted molar refractivity (Wildman–Crippen MR) is 118 cm³/mol. The third-order valence-corrected chi connectivity index (χ3v) is 5.62. The fourth-order valence-corrected chi connectivity index (χ4v) is 3.63. The SMILES string of the molecule is Cc1ccc(-c2nnc(N3CCN(C(=O)OC(C)(C)C)CC3)o2)cc1N(C)C1COC1. The van der Waals surface area contributed by atoms with Crippen LogP contribution in [-0.4, -0.2) is 79.3 Å². The van der Waals surface area contributed by atoms with Crippen molar-refractivity contribution >= 4 is 17.8 Å². The van der Waals surface area contributed by atoms with Crippen LogP contribution in [0.3, 0.4) is 0 Å². The number of rotatable bonds is 4. The lowest BCUT2D eigenvalue weighted by atomic mass is 10.1. The van der Waals surface area contributed by atoms with Gasteiger partial charge in [-0.3, -0.25) is 0 Å². The molecule has 2 aliphatic rings. The maximum atomic E-state index is 12.3. The molecule has 1 aromatic carbocycles. The minimum atomic E-state index is -0.498. The number of hydrogen-bond donors (Lipinski definition) is 0. The van der Waals surface area contributed by atoms with E-state index in [1.807, 2.05) is 31.7 Å². The minimum absolute atomic E-state index is 0.286. The molecule has 9 heteroatoms. The van der Waals surface area contributed by atoms with Crippen LogP contribution in [-0.2, 0) is 9.47 Å². The van der Waals surface area contributed by atoms with Gasteiger partial charge in [0.1, 0.15) is 5.60 Å². The van der Waals surface area contributed by atoms with E-state index in [0.29, 0.717) is 44.1 Å². The molecule has 31 heavy (non-hydrogen) atoms. The van der Waals surface area contributed by atoms with Crippen molar-refractivity contribution in [3.05, 3.63) is 23.8 Å². The summed E-state index contributed by atoms with van der Waals surface area (Å²) in [4.78, 5) is 18.2. The lowest BCUT2D eigenvalue weighted by Crippen LogP contribution is -2.50. The van der Waals surface area contributed by atoms with Gasteiger partial charge in [0.15, 0.2) is 0 Å². The molecule has 0 spiro atoms. The van der Waals surface area contributed by atoms with Gasteiger partial charge >= 0.3 is 12.1 Å². The first kappa shape index (κ1) is 21.4. The standard InChI is InChI=1S/C22H31N5O4/c1-15-6-7-16(12-18(15)25(5)17-13-29-14-17)19-23-24-20(30-19)26-8-10-27(11-9-26)21(28)31-22(2,3)4/h6-7,12,17H,8-11,13-14H2,1-5H3. The number of carbonyl (C=O) groups excluding carboxylic acids is 1. The molecule has 1 amide bonds. The molecule has 0 aliphatic carbocycles. The Balaban J connectivity index is 1.42. The number of ether oxygens (including phenoxy) is 2. The van der Waals surface area contributed by atoms with Gasteiger partial charge in [0.05, 0.1) is 19.3 Å². The number of anilines is 2. The normalized spacial score (nSPS) is 17.5. The van der Waals surface area contributed by atoms with Crippen molar-refractivity contribution in [2.24, 2.45) is 0 Å². The highest BCUT2D eigenvalue weighted by molar-refractivity contribution is 5.68. The minimum Gasteiger partial charge on any atom is -0.444 e. The second-order valence-corrected chi connectivity index (χ2v) is 9.15. The van der Waals surface area contributed by atoms with Crippen molar-refractivity contribution in [3.8, 4) is 11.5 Å². The van der Waals surface area contributed by atoms with Crippen LogP contribution in [0.15, 0.2) is 22.6 Å². The van der Waals surface area contributed by atoms with Gasteiger partial charge in [-0.15, -0.1) is 5.10 Å². The molecule has 0 radical (unpaired) electrons. The number of carbonyl (C=O) groups is 1. The van der Waals surface area contributed by atoms with Crippen molar-refractivity contribution in [3.63, 3.8) is 0 Å². The van der Waals surface area contributed by atoms with Crippen LogP contribution >= 0.6 is 0 Å². The summed E-state index contributed by atoms with van der Waals surface area (Å²) in [7, 11) is 2.09. The van der Waals surface area contributed by atoms with Gasteiger partial charge in [-0.05, 0) is 45.4 Å². The highest BCUT2D eigenvalue weighted by atomic mass is 16.6. The molecule has 0 unspecified atom stereocenters. The van der Waals surface area contributed by atoms with E-state index in [4.69, 9.17) is 13.9 Å². The Morgan fingerprint density at radius 2 is 1.87 bits per heavy atom. The van der Waals surface area contributed by atoms with Crippen LogP contribution < -0.4 is 9.80 Å². The molecule has 1 aromatic heterocycles. The summed E-state index contributed by atoms with van der Waals surface area (Å²) in [6.07, 6.45) is -0.286. The lowest BCUT2D eigenvalue weighted by Gasteiger charge is -2.37. The number of benzene rings is 1. The second kappa shape index (κ2) is 8.37. The van der Waals surface area contributed by atoms with Crippen LogP contribution in [0.1, 0.15) is 26.3 Å². The molecule has 9 nitrogen and oxygen atoms in total.